The fraction of sp³-hybridized carbons (Fsp3) is 0.250. The molecule has 1 aromatic rings. The highest BCUT2D eigenvalue weighted by Gasteiger charge is 2.18. The summed E-state index contributed by atoms with van der Waals surface area (Å²) in [5.74, 6) is -2.54. The third-order valence-electron chi connectivity index (χ3n) is 2.52. The van der Waals surface area contributed by atoms with E-state index in [0.717, 1.165) is 4.90 Å². The Bertz CT molecular complexity index is 544. The van der Waals surface area contributed by atoms with Crippen LogP contribution in [-0.4, -0.2) is 46.1 Å². The minimum atomic E-state index is -1.32. The number of carbonyl (C=O) groups excluding carboxylic acids is 2. The zero-order valence-electron chi connectivity index (χ0n) is 10.8. The number of hydrogen-bond donors (Lipinski definition) is 4. The number of aromatic carboxylic acids is 1. The Morgan fingerprint density at radius 3 is 2.50 bits per heavy atom. The van der Waals surface area contributed by atoms with E-state index >= 15 is 0 Å². The van der Waals surface area contributed by atoms with Crippen LogP contribution in [0.2, 0.25) is 0 Å². The lowest BCUT2D eigenvalue weighted by Crippen LogP contribution is -2.40. The van der Waals surface area contributed by atoms with Crippen molar-refractivity contribution in [3.05, 3.63) is 23.8 Å². The molecule has 0 saturated heterocycles. The van der Waals surface area contributed by atoms with Gasteiger partial charge in [0.1, 0.15) is 12.1 Å². The molecule has 0 aliphatic carbocycles. The number of amides is 3. The number of nitrogens with two attached hydrogens (primary N) is 1. The van der Waals surface area contributed by atoms with E-state index < -0.39 is 23.7 Å². The molecule has 0 heterocycles. The van der Waals surface area contributed by atoms with E-state index in [1.54, 1.807) is 6.92 Å². The number of aromatic hydroxyl groups is 1. The number of carboxylic acids is 1. The summed E-state index contributed by atoms with van der Waals surface area (Å²) < 4.78 is 0. The molecule has 0 bridgehead atoms. The number of primary amides is 1. The smallest absolute Gasteiger partial charge is 0.339 e. The average Bonchev–Trinajstić information content (AvgIpc) is 2.37. The summed E-state index contributed by atoms with van der Waals surface area (Å²) in [6.07, 6.45) is 0. The van der Waals surface area contributed by atoms with Crippen LogP contribution in [0.25, 0.3) is 0 Å². The minimum absolute atomic E-state index is 0.0576. The molecule has 0 aliphatic rings. The molecule has 8 nitrogen and oxygen atoms in total. The number of benzene rings is 1. The van der Waals surface area contributed by atoms with Gasteiger partial charge in [0, 0.05) is 6.54 Å². The van der Waals surface area contributed by atoms with E-state index in [1.807, 2.05) is 0 Å². The van der Waals surface area contributed by atoms with Gasteiger partial charge in [-0.1, -0.05) is 6.07 Å². The van der Waals surface area contributed by atoms with Gasteiger partial charge < -0.3 is 26.2 Å². The van der Waals surface area contributed by atoms with Gasteiger partial charge in [0.2, 0.25) is 5.91 Å². The number of rotatable bonds is 5. The standard InChI is InChI=1S/C12H15N3O5/c1-2-15(6-9(13)16)12(20)14-8-5-3-4-7(10(8)17)11(18)19/h3-5,17H,2,6H2,1H3,(H2,13,16)(H,14,20)(H,18,19). The SMILES string of the molecule is CCN(CC(N)=O)C(=O)Nc1cccc(C(=O)O)c1O. The molecule has 0 aliphatic heterocycles. The Morgan fingerprint density at radius 1 is 1.35 bits per heavy atom. The number of carboxylic acid groups (broad SMARTS) is 1. The summed E-state index contributed by atoms with van der Waals surface area (Å²) in [5.41, 5.74) is 4.62. The van der Waals surface area contributed by atoms with Crippen LogP contribution in [0.4, 0.5) is 10.5 Å². The Kier molecular flexibility index (Phi) is 4.90. The molecule has 0 atom stereocenters. The summed E-state index contributed by atoms with van der Waals surface area (Å²) in [5, 5.41) is 20.9. The zero-order valence-corrected chi connectivity index (χ0v) is 10.8. The van der Waals surface area contributed by atoms with Crippen molar-refractivity contribution in [2.75, 3.05) is 18.4 Å². The number of nitrogens with one attached hydrogen (secondary N) is 1. The lowest BCUT2D eigenvalue weighted by Gasteiger charge is -2.20. The summed E-state index contributed by atoms with van der Waals surface area (Å²) in [6.45, 7) is 1.60. The highest BCUT2D eigenvalue weighted by molar-refractivity contribution is 5.98. The molecule has 108 valence electrons. The van der Waals surface area contributed by atoms with E-state index in [1.165, 1.54) is 18.2 Å². The quantitative estimate of drug-likeness (QED) is 0.581. The maximum atomic E-state index is 11.9. The van der Waals surface area contributed by atoms with Gasteiger partial charge in [-0.2, -0.15) is 0 Å². The minimum Gasteiger partial charge on any atom is -0.505 e. The fourth-order valence-electron chi connectivity index (χ4n) is 1.53. The maximum absolute atomic E-state index is 11.9. The summed E-state index contributed by atoms with van der Waals surface area (Å²) >= 11 is 0. The van der Waals surface area contributed by atoms with Gasteiger partial charge in [0.15, 0.2) is 5.75 Å². The summed E-state index contributed by atoms with van der Waals surface area (Å²) in [4.78, 5) is 34.6. The second-order valence-corrected chi connectivity index (χ2v) is 3.92. The van der Waals surface area contributed by atoms with Crippen LogP contribution < -0.4 is 11.1 Å². The normalized spacial score (nSPS) is 9.85. The molecule has 0 spiro atoms. The molecular formula is C12H15N3O5. The fourth-order valence-corrected chi connectivity index (χ4v) is 1.53. The van der Waals surface area contributed by atoms with Crippen molar-refractivity contribution in [3.8, 4) is 5.75 Å². The number of likely N-dealkylation sites (N-methyl/N-ethyl adjacent to an activating group) is 1. The maximum Gasteiger partial charge on any atom is 0.339 e. The van der Waals surface area contributed by atoms with Crippen LogP contribution in [0.3, 0.4) is 0 Å². The van der Waals surface area contributed by atoms with Crippen LogP contribution in [-0.2, 0) is 4.79 Å². The monoisotopic (exact) mass is 281 g/mol. The van der Waals surface area contributed by atoms with Gasteiger partial charge in [-0.15, -0.1) is 0 Å². The number of phenols is 1. The van der Waals surface area contributed by atoms with Crippen molar-refractivity contribution in [2.45, 2.75) is 6.92 Å². The third-order valence-corrected chi connectivity index (χ3v) is 2.52. The third kappa shape index (κ3) is 3.61. The van der Waals surface area contributed by atoms with Crippen LogP contribution in [0.15, 0.2) is 18.2 Å². The van der Waals surface area contributed by atoms with Crippen LogP contribution in [0.1, 0.15) is 17.3 Å². The first kappa shape index (κ1) is 15.3. The van der Waals surface area contributed by atoms with Gasteiger partial charge >= 0.3 is 12.0 Å². The number of hydrogen-bond acceptors (Lipinski definition) is 4. The van der Waals surface area contributed by atoms with E-state index in [-0.39, 0.29) is 24.3 Å². The predicted molar refractivity (Wildman–Crippen MR) is 70.5 cm³/mol. The number of para-hydroxylation sites is 1. The summed E-state index contributed by atoms with van der Waals surface area (Å²) in [7, 11) is 0. The number of nitrogens with zero attached hydrogens (tertiary/aromatic N) is 1. The highest BCUT2D eigenvalue weighted by atomic mass is 16.4. The second kappa shape index (κ2) is 6.41. The summed E-state index contributed by atoms with van der Waals surface area (Å²) in [6, 6.07) is 3.26. The van der Waals surface area contributed by atoms with E-state index in [9.17, 15) is 19.5 Å². The van der Waals surface area contributed by atoms with Crippen LogP contribution in [0, 0.1) is 0 Å². The van der Waals surface area contributed by atoms with Crippen molar-refractivity contribution in [2.24, 2.45) is 5.73 Å². The van der Waals surface area contributed by atoms with Gasteiger partial charge in [-0.3, -0.25) is 4.79 Å². The molecule has 5 N–H and O–H groups in total. The highest BCUT2D eigenvalue weighted by Crippen LogP contribution is 2.27. The van der Waals surface area contributed by atoms with E-state index in [0.29, 0.717) is 0 Å². The van der Waals surface area contributed by atoms with Gasteiger partial charge in [-0.25, -0.2) is 9.59 Å². The Morgan fingerprint density at radius 2 is 2.00 bits per heavy atom. The average molecular weight is 281 g/mol. The molecule has 0 radical (unpaired) electrons. The van der Waals surface area contributed by atoms with E-state index in [2.05, 4.69) is 5.32 Å². The molecule has 3 amide bonds. The molecule has 0 aromatic heterocycles. The van der Waals surface area contributed by atoms with Crippen molar-refractivity contribution in [1.29, 1.82) is 0 Å². The first-order valence-electron chi connectivity index (χ1n) is 5.76. The van der Waals surface area contributed by atoms with Crippen LogP contribution >= 0.6 is 0 Å². The lowest BCUT2D eigenvalue weighted by atomic mass is 10.1. The predicted octanol–water partition coefficient (Wildman–Crippen LogP) is 0.429. The van der Waals surface area contributed by atoms with Gasteiger partial charge in [0.05, 0.1) is 5.69 Å². The lowest BCUT2D eigenvalue weighted by molar-refractivity contribution is -0.118. The number of carbonyl (C=O) groups is 3. The van der Waals surface area contributed by atoms with Gasteiger partial charge in [-0.05, 0) is 19.1 Å². The zero-order chi connectivity index (χ0) is 15.3. The molecule has 8 heteroatoms. The Labute approximate surface area is 114 Å². The van der Waals surface area contributed by atoms with Crippen molar-refractivity contribution in [1.82, 2.24) is 4.90 Å². The molecule has 0 unspecified atom stereocenters. The van der Waals surface area contributed by atoms with Crippen molar-refractivity contribution >= 4 is 23.6 Å². The molecule has 1 aromatic carbocycles. The molecule has 20 heavy (non-hydrogen) atoms. The number of anilines is 1. The first-order valence-corrected chi connectivity index (χ1v) is 5.76. The second-order valence-electron chi connectivity index (χ2n) is 3.92. The topological polar surface area (TPSA) is 133 Å². The number of urea groups is 1. The largest absolute Gasteiger partial charge is 0.505 e. The van der Waals surface area contributed by atoms with Crippen molar-refractivity contribution < 1.29 is 24.6 Å². The molecular weight excluding hydrogens is 266 g/mol. The van der Waals surface area contributed by atoms with Crippen molar-refractivity contribution in [3.63, 3.8) is 0 Å². The molecule has 0 fully saturated rings. The van der Waals surface area contributed by atoms with Crippen LogP contribution in [0.5, 0.6) is 5.75 Å². The van der Waals surface area contributed by atoms with E-state index in [4.69, 9.17) is 10.8 Å². The Hall–Kier alpha value is -2.77. The Balaban J connectivity index is 2.93. The molecule has 0 saturated carbocycles. The van der Waals surface area contributed by atoms with Gasteiger partial charge in [0.25, 0.3) is 0 Å². The first-order chi connectivity index (χ1) is 9.36. The molecule has 1 rings (SSSR count).